The number of anilines is 1. The third-order valence-corrected chi connectivity index (χ3v) is 3.93. The van der Waals surface area contributed by atoms with E-state index in [0.717, 1.165) is 6.07 Å². The molecule has 0 aliphatic rings. The molecule has 0 aromatic heterocycles. The molecular weight excluding hydrogens is 295 g/mol. The van der Waals surface area contributed by atoms with Gasteiger partial charge in [-0.05, 0) is 24.3 Å². The second-order valence-electron chi connectivity index (χ2n) is 4.01. The predicted octanol–water partition coefficient (Wildman–Crippen LogP) is 2.53. The molecule has 0 saturated heterocycles. The molecule has 2 aromatic rings. The maximum atomic E-state index is 13.6. The number of hydrogen-bond acceptors (Lipinski definition) is 4. The van der Waals surface area contributed by atoms with E-state index in [1.165, 1.54) is 30.3 Å². The first kappa shape index (κ1) is 14.8. The number of ether oxygens (including phenoxy) is 1. The average Bonchev–Trinajstić information content (AvgIpc) is 2.45. The average molecular weight is 306 g/mol. The minimum Gasteiger partial charge on any atom is -0.479 e. The van der Waals surface area contributed by atoms with Crippen molar-refractivity contribution >= 4 is 15.7 Å². The van der Waals surface area contributed by atoms with Gasteiger partial charge >= 0.3 is 0 Å². The highest BCUT2D eigenvalue weighted by atomic mass is 32.2. The normalized spacial score (nSPS) is 10.7. The highest BCUT2D eigenvalue weighted by molar-refractivity contribution is 7.92. The molecule has 5 nitrogen and oxygen atoms in total. The van der Waals surface area contributed by atoms with Gasteiger partial charge in [-0.1, -0.05) is 18.2 Å². The number of benzene rings is 2. The fourth-order valence-corrected chi connectivity index (χ4v) is 2.77. The molecule has 0 atom stereocenters. The summed E-state index contributed by atoms with van der Waals surface area (Å²) in [7, 11) is -4.03. The molecule has 1 N–H and O–H groups in total. The third-order valence-electron chi connectivity index (χ3n) is 2.52. The monoisotopic (exact) mass is 306 g/mol. The van der Waals surface area contributed by atoms with E-state index in [0.29, 0.717) is 5.75 Å². The summed E-state index contributed by atoms with van der Waals surface area (Å²) in [6, 6.07) is 12.9. The Bertz CT molecular complexity index is 785. The van der Waals surface area contributed by atoms with Gasteiger partial charge in [0.1, 0.15) is 22.5 Å². The van der Waals surface area contributed by atoms with Crippen LogP contribution >= 0.6 is 0 Å². The Hall–Kier alpha value is -2.59. The van der Waals surface area contributed by atoms with Crippen molar-refractivity contribution < 1.29 is 17.5 Å². The number of sulfonamides is 1. The van der Waals surface area contributed by atoms with Gasteiger partial charge in [-0.3, -0.25) is 4.72 Å². The molecule has 0 fully saturated rings. The molecule has 0 unspecified atom stereocenters. The summed E-state index contributed by atoms with van der Waals surface area (Å²) in [4.78, 5) is -0.437. The van der Waals surface area contributed by atoms with Crippen LogP contribution in [0.15, 0.2) is 53.4 Å². The topological polar surface area (TPSA) is 79.2 Å². The number of nitriles is 1. The largest absolute Gasteiger partial charge is 0.479 e. The zero-order valence-electron chi connectivity index (χ0n) is 10.8. The van der Waals surface area contributed by atoms with Crippen molar-refractivity contribution in [2.24, 2.45) is 0 Å². The van der Waals surface area contributed by atoms with Gasteiger partial charge in [-0.2, -0.15) is 5.26 Å². The van der Waals surface area contributed by atoms with Crippen LogP contribution in [0.5, 0.6) is 5.75 Å². The first-order chi connectivity index (χ1) is 10.0. The highest BCUT2D eigenvalue weighted by Crippen LogP contribution is 2.22. The summed E-state index contributed by atoms with van der Waals surface area (Å²) in [6.07, 6.45) is 0. The summed E-state index contributed by atoms with van der Waals surface area (Å²) in [5.41, 5.74) is 0.216. The minimum atomic E-state index is -4.03. The van der Waals surface area contributed by atoms with Crippen LogP contribution in [0.4, 0.5) is 10.1 Å². The molecule has 0 bridgehead atoms. The van der Waals surface area contributed by atoms with Crippen LogP contribution in [0, 0.1) is 17.1 Å². The minimum absolute atomic E-state index is 0.149. The van der Waals surface area contributed by atoms with Gasteiger partial charge in [0.15, 0.2) is 6.61 Å². The lowest BCUT2D eigenvalue weighted by molar-refractivity contribution is 0.368. The zero-order valence-corrected chi connectivity index (χ0v) is 11.6. The van der Waals surface area contributed by atoms with Crippen molar-refractivity contribution in [2.75, 3.05) is 11.3 Å². The van der Waals surface area contributed by atoms with E-state index >= 15 is 0 Å². The summed E-state index contributed by atoms with van der Waals surface area (Å²) in [5, 5.41) is 8.43. The summed E-state index contributed by atoms with van der Waals surface area (Å²) in [6.45, 7) is -0.149. The third kappa shape index (κ3) is 3.70. The predicted molar refractivity (Wildman–Crippen MR) is 74.8 cm³/mol. The molecule has 0 aliphatic carbocycles. The molecule has 0 aliphatic heterocycles. The van der Waals surface area contributed by atoms with Crippen LogP contribution in [0.1, 0.15) is 0 Å². The van der Waals surface area contributed by atoms with Gasteiger partial charge in [0, 0.05) is 6.07 Å². The van der Waals surface area contributed by atoms with Crippen LogP contribution < -0.4 is 9.46 Å². The second kappa shape index (κ2) is 6.24. The molecule has 0 radical (unpaired) electrons. The van der Waals surface area contributed by atoms with E-state index in [-0.39, 0.29) is 12.3 Å². The number of halogens is 1. The number of nitrogens with zero attached hydrogens (tertiary/aromatic N) is 1. The lowest BCUT2D eigenvalue weighted by Gasteiger charge is -2.10. The Kier molecular flexibility index (Phi) is 4.40. The SMILES string of the molecule is N#CCOc1cccc(NS(=O)(=O)c2ccccc2F)c1. The summed E-state index contributed by atoms with van der Waals surface area (Å²) in [5.74, 6) is -0.493. The molecule has 0 heterocycles. The Morgan fingerprint density at radius 3 is 2.67 bits per heavy atom. The van der Waals surface area contributed by atoms with Crippen molar-refractivity contribution in [1.29, 1.82) is 5.26 Å². The van der Waals surface area contributed by atoms with Crippen molar-refractivity contribution in [3.8, 4) is 11.8 Å². The summed E-state index contributed by atoms with van der Waals surface area (Å²) < 4.78 is 45.1. The highest BCUT2D eigenvalue weighted by Gasteiger charge is 2.18. The molecule has 21 heavy (non-hydrogen) atoms. The van der Waals surface area contributed by atoms with Crippen molar-refractivity contribution in [1.82, 2.24) is 0 Å². The van der Waals surface area contributed by atoms with Crippen molar-refractivity contribution in [3.05, 3.63) is 54.3 Å². The molecule has 0 spiro atoms. The van der Waals surface area contributed by atoms with Crippen molar-refractivity contribution in [2.45, 2.75) is 4.90 Å². The molecular formula is C14H11FN2O3S. The maximum Gasteiger partial charge on any atom is 0.264 e. The fourth-order valence-electron chi connectivity index (χ4n) is 1.64. The van der Waals surface area contributed by atoms with E-state index in [4.69, 9.17) is 10.00 Å². The lowest BCUT2D eigenvalue weighted by atomic mass is 10.3. The number of hydrogen-bond donors (Lipinski definition) is 1. The van der Waals surface area contributed by atoms with Crippen LogP contribution in [-0.2, 0) is 10.0 Å². The van der Waals surface area contributed by atoms with Gasteiger partial charge in [-0.25, -0.2) is 12.8 Å². The molecule has 0 amide bonds. The molecule has 2 rings (SSSR count). The Balaban J connectivity index is 2.25. The van der Waals surface area contributed by atoms with Crippen LogP contribution in [0.25, 0.3) is 0 Å². The van der Waals surface area contributed by atoms with Crippen LogP contribution in [-0.4, -0.2) is 15.0 Å². The van der Waals surface area contributed by atoms with E-state index in [9.17, 15) is 12.8 Å². The Labute approximate surface area is 121 Å². The van der Waals surface area contributed by atoms with Crippen molar-refractivity contribution in [3.63, 3.8) is 0 Å². The quantitative estimate of drug-likeness (QED) is 0.920. The van der Waals surface area contributed by atoms with E-state index < -0.39 is 20.7 Å². The van der Waals surface area contributed by atoms with Gasteiger partial charge in [0.2, 0.25) is 0 Å². The number of nitrogens with one attached hydrogen (secondary N) is 1. The van der Waals surface area contributed by atoms with Gasteiger partial charge in [-0.15, -0.1) is 0 Å². The Morgan fingerprint density at radius 2 is 1.95 bits per heavy atom. The van der Waals surface area contributed by atoms with E-state index in [1.807, 2.05) is 0 Å². The van der Waals surface area contributed by atoms with Gasteiger partial charge in [0.25, 0.3) is 10.0 Å². The molecule has 0 saturated carbocycles. The van der Waals surface area contributed by atoms with Gasteiger partial charge < -0.3 is 4.74 Å². The maximum absolute atomic E-state index is 13.6. The number of rotatable bonds is 5. The lowest BCUT2D eigenvalue weighted by Crippen LogP contribution is -2.14. The van der Waals surface area contributed by atoms with E-state index in [2.05, 4.69) is 4.72 Å². The van der Waals surface area contributed by atoms with E-state index in [1.54, 1.807) is 18.2 Å². The molecule has 108 valence electrons. The first-order valence-electron chi connectivity index (χ1n) is 5.90. The standard InChI is InChI=1S/C14H11FN2O3S/c15-13-6-1-2-7-14(13)21(18,19)17-11-4-3-5-12(10-11)20-9-8-16/h1-7,10,17H,9H2. The smallest absolute Gasteiger partial charge is 0.264 e. The second-order valence-corrected chi connectivity index (χ2v) is 5.66. The summed E-state index contributed by atoms with van der Waals surface area (Å²) >= 11 is 0. The Morgan fingerprint density at radius 1 is 1.19 bits per heavy atom. The fraction of sp³-hybridized carbons (Fsp3) is 0.0714. The zero-order chi connectivity index (χ0) is 15.3. The first-order valence-corrected chi connectivity index (χ1v) is 7.38. The van der Waals surface area contributed by atoms with Crippen LogP contribution in [0.3, 0.4) is 0 Å². The van der Waals surface area contributed by atoms with Crippen LogP contribution in [0.2, 0.25) is 0 Å². The van der Waals surface area contributed by atoms with Gasteiger partial charge in [0.05, 0.1) is 5.69 Å². The molecule has 2 aromatic carbocycles. The molecule has 7 heteroatoms.